The van der Waals surface area contributed by atoms with Gasteiger partial charge < -0.3 is 20.0 Å². The Bertz CT molecular complexity index is 1890. The summed E-state index contributed by atoms with van der Waals surface area (Å²) in [4.78, 5) is 26.4. The third-order valence-corrected chi connectivity index (χ3v) is 8.86. The molecule has 3 atom stereocenters. The molecule has 1 saturated carbocycles. The van der Waals surface area contributed by atoms with Crippen LogP contribution in [-0.4, -0.2) is 78.2 Å². The molecular weight excluding hydrogens is 612 g/mol. The number of hydrogen-bond acceptors (Lipinski definition) is 8. The molecule has 1 aliphatic heterocycles. The molecular formula is C32H29ClN8O5. The first-order chi connectivity index (χ1) is 22.4. The summed E-state index contributed by atoms with van der Waals surface area (Å²) in [6.07, 6.45) is 7.79. The number of aromatic carboxylic acids is 1. The maximum atomic E-state index is 13.8. The third kappa shape index (κ3) is 5.94. The summed E-state index contributed by atoms with van der Waals surface area (Å²) in [5.74, 6) is -0.891. The number of benzene rings is 2. The summed E-state index contributed by atoms with van der Waals surface area (Å²) in [7, 11) is 0. The molecule has 3 aromatic heterocycles. The maximum Gasteiger partial charge on any atom is 0.335 e. The zero-order chi connectivity index (χ0) is 31.8. The molecule has 2 fully saturated rings. The predicted octanol–water partition coefficient (Wildman–Crippen LogP) is 3.65. The number of morpholine rings is 1. The van der Waals surface area contributed by atoms with Crippen molar-refractivity contribution in [3.8, 4) is 27.9 Å². The van der Waals surface area contributed by atoms with Crippen molar-refractivity contribution in [2.24, 2.45) is 11.8 Å². The van der Waals surface area contributed by atoms with Crippen molar-refractivity contribution in [2.45, 2.75) is 18.9 Å². The Kier molecular flexibility index (Phi) is 7.93. The average molecular weight is 641 g/mol. The topological polar surface area (TPSA) is 155 Å². The predicted molar refractivity (Wildman–Crippen MR) is 165 cm³/mol. The van der Waals surface area contributed by atoms with E-state index in [1.165, 1.54) is 17.2 Å². The summed E-state index contributed by atoms with van der Waals surface area (Å²) in [6.45, 7) is 2.26. The van der Waals surface area contributed by atoms with Crippen LogP contribution in [-0.2, 0) is 9.53 Å². The highest BCUT2D eigenvalue weighted by Gasteiger charge is 2.47. The van der Waals surface area contributed by atoms with Gasteiger partial charge in [0.1, 0.15) is 12.4 Å². The zero-order valence-corrected chi connectivity index (χ0v) is 25.3. The number of aromatic nitrogens is 7. The first-order valence-electron chi connectivity index (χ1n) is 14.9. The first kappa shape index (κ1) is 29.6. The number of carbonyl (C=O) groups is 2. The van der Waals surface area contributed by atoms with Crippen LogP contribution in [0.4, 0.5) is 0 Å². The van der Waals surface area contributed by atoms with Crippen molar-refractivity contribution in [3.63, 3.8) is 0 Å². The minimum Gasteiger partial charge on any atom is -0.618 e. The van der Waals surface area contributed by atoms with Gasteiger partial charge in [-0.2, -0.15) is 14.5 Å². The minimum atomic E-state index is -1.00. The molecule has 1 amide bonds. The molecule has 5 aromatic rings. The van der Waals surface area contributed by atoms with Crippen LogP contribution in [0.2, 0.25) is 5.02 Å². The number of carboxylic acid groups (broad SMARTS) is 1. The van der Waals surface area contributed by atoms with Crippen LogP contribution >= 0.6 is 11.6 Å². The van der Waals surface area contributed by atoms with Crippen LogP contribution in [0.1, 0.15) is 34.9 Å². The van der Waals surface area contributed by atoms with Gasteiger partial charge in [-0.15, -0.1) is 5.10 Å². The molecule has 4 heterocycles. The molecule has 1 aliphatic carbocycles. The normalized spacial score (nSPS) is 18.3. The second-order valence-electron chi connectivity index (χ2n) is 11.5. The molecule has 0 spiro atoms. The van der Waals surface area contributed by atoms with Gasteiger partial charge in [0.05, 0.1) is 30.7 Å². The van der Waals surface area contributed by atoms with Crippen LogP contribution in [0.15, 0.2) is 79.5 Å². The van der Waals surface area contributed by atoms with Gasteiger partial charge in [-0.05, 0) is 71.1 Å². The molecule has 234 valence electrons. The van der Waals surface area contributed by atoms with E-state index in [2.05, 4.69) is 20.6 Å². The van der Waals surface area contributed by atoms with E-state index in [1.807, 2.05) is 17.2 Å². The summed E-state index contributed by atoms with van der Waals surface area (Å²) >= 11 is 6.34. The largest absolute Gasteiger partial charge is 0.618 e. The highest BCUT2D eigenvalue weighted by molar-refractivity contribution is 6.31. The molecule has 7 rings (SSSR count). The van der Waals surface area contributed by atoms with E-state index < -0.39 is 12.0 Å². The van der Waals surface area contributed by atoms with Crippen molar-refractivity contribution >= 4 is 23.5 Å². The Hall–Kier alpha value is -5.14. The quantitative estimate of drug-likeness (QED) is 0.188. The van der Waals surface area contributed by atoms with Gasteiger partial charge >= 0.3 is 5.97 Å². The number of pyridine rings is 1. The van der Waals surface area contributed by atoms with E-state index >= 15 is 0 Å². The molecule has 46 heavy (non-hydrogen) atoms. The van der Waals surface area contributed by atoms with E-state index in [4.69, 9.17) is 16.3 Å². The number of ether oxygens (including phenoxy) is 1. The van der Waals surface area contributed by atoms with Gasteiger partial charge in [-0.1, -0.05) is 23.7 Å². The molecule has 1 saturated heterocycles. The lowest BCUT2D eigenvalue weighted by molar-refractivity contribution is -0.615. The van der Waals surface area contributed by atoms with Crippen LogP contribution in [0.25, 0.3) is 27.9 Å². The van der Waals surface area contributed by atoms with Crippen LogP contribution < -0.4 is 4.73 Å². The fourth-order valence-electron chi connectivity index (χ4n) is 6.06. The highest BCUT2D eigenvalue weighted by atomic mass is 35.5. The van der Waals surface area contributed by atoms with Crippen LogP contribution in [0.3, 0.4) is 0 Å². The average Bonchev–Trinajstić information content (AvgIpc) is 3.40. The smallest absolute Gasteiger partial charge is 0.335 e. The van der Waals surface area contributed by atoms with Gasteiger partial charge in [0.25, 0.3) is 0 Å². The molecule has 2 aromatic carbocycles. The number of nitrogens with zero attached hydrogens (tertiary/aromatic N) is 8. The Morgan fingerprint density at radius 2 is 1.85 bits per heavy atom. The molecule has 14 heteroatoms. The van der Waals surface area contributed by atoms with E-state index in [0.717, 1.165) is 22.3 Å². The lowest BCUT2D eigenvalue weighted by Gasteiger charge is -2.27. The Balaban J connectivity index is 1.21. The molecule has 13 nitrogen and oxygen atoms in total. The van der Waals surface area contributed by atoms with Gasteiger partial charge in [0.2, 0.25) is 11.6 Å². The number of halogens is 1. The SMILES string of the molecule is O=C(O)c1ccc(-c2cnn(C(C[C@@H]3C[C@@H]3C(=O)N3CCOCC3)c3ccc(-c4cc(Cl)ccc4-n4cnnn4)c[n+]3[O-])c2)cc1. The van der Waals surface area contributed by atoms with Crippen molar-refractivity contribution in [1.82, 2.24) is 34.9 Å². The zero-order valence-electron chi connectivity index (χ0n) is 24.5. The molecule has 1 unspecified atom stereocenters. The van der Waals surface area contributed by atoms with E-state index in [-0.39, 0.29) is 23.3 Å². The van der Waals surface area contributed by atoms with Crippen molar-refractivity contribution in [2.75, 3.05) is 26.3 Å². The fraction of sp³-hybridized carbons (Fsp3) is 0.281. The summed E-state index contributed by atoms with van der Waals surface area (Å²) < 4.78 is 9.51. The van der Waals surface area contributed by atoms with E-state index in [9.17, 15) is 19.9 Å². The summed E-state index contributed by atoms with van der Waals surface area (Å²) in [6, 6.07) is 15.0. The van der Waals surface area contributed by atoms with Gasteiger partial charge in [0, 0.05) is 53.0 Å². The third-order valence-electron chi connectivity index (χ3n) is 8.63. The lowest BCUT2D eigenvalue weighted by Crippen LogP contribution is -2.41. The van der Waals surface area contributed by atoms with Gasteiger partial charge in [-0.25, -0.2) is 4.79 Å². The second kappa shape index (κ2) is 12.3. The number of carboxylic acids is 1. The molecule has 1 N–H and O–H groups in total. The van der Waals surface area contributed by atoms with E-state index in [0.29, 0.717) is 60.3 Å². The Labute approximate surface area is 268 Å². The first-order valence-corrected chi connectivity index (χ1v) is 15.2. The lowest BCUT2D eigenvalue weighted by atomic mass is 10.0. The van der Waals surface area contributed by atoms with Crippen molar-refractivity contribution in [1.29, 1.82) is 0 Å². The number of rotatable bonds is 9. The number of carbonyl (C=O) groups excluding carboxylic acids is 1. The van der Waals surface area contributed by atoms with E-state index in [1.54, 1.807) is 59.4 Å². The minimum absolute atomic E-state index is 0.0851. The molecule has 0 radical (unpaired) electrons. The molecule has 2 aliphatic rings. The van der Waals surface area contributed by atoms with Crippen molar-refractivity contribution < 1.29 is 24.2 Å². The Morgan fingerprint density at radius 1 is 1.07 bits per heavy atom. The summed E-state index contributed by atoms with van der Waals surface area (Å²) in [5, 5.41) is 39.7. The number of tetrazole rings is 1. The fourth-order valence-corrected chi connectivity index (χ4v) is 6.24. The van der Waals surface area contributed by atoms with Gasteiger partial charge in [-0.3, -0.25) is 9.48 Å². The standard InChI is InChI=1S/C32H29ClN8O5/c33-25-6-8-28(40-19-34-36-37-40)26(15-25)22-5-7-29(41(45)18-22)30(14-23-13-27(23)31(42)38-9-11-46-12-10-38)39-17-24(16-35-39)20-1-3-21(4-2-20)32(43)44/h1-8,15-19,23,27,30H,9-14H2,(H,43,44)/t23-,27-,30?/m0/s1. The van der Waals surface area contributed by atoms with Crippen molar-refractivity contribution in [3.05, 3.63) is 101 Å². The summed E-state index contributed by atoms with van der Waals surface area (Å²) in [5.41, 5.74) is 4.19. The maximum absolute atomic E-state index is 13.8. The Morgan fingerprint density at radius 3 is 2.57 bits per heavy atom. The second-order valence-corrected chi connectivity index (χ2v) is 11.9. The van der Waals surface area contributed by atoms with Crippen LogP contribution in [0.5, 0.6) is 0 Å². The molecule has 0 bridgehead atoms. The van der Waals surface area contributed by atoms with Gasteiger partial charge in [0.15, 0.2) is 6.20 Å². The number of amides is 1. The highest BCUT2D eigenvalue weighted by Crippen LogP contribution is 2.46. The van der Waals surface area contributed by atoms with Crippen LogP contribution in [0, 0.1) is 17.0 Å². The monoisotopic (exact) mass is 640 g/mol. The number of hydrogen-bond donors (Lipinski definition) is 1.